The fourth-order valence-electron chi connectivity index (χ4n) is 2.55. The molecule has 0 bridgehead atoms. The smallest absolute Gasteiger partial charge is 0.244 e. The van der Waals surface area contributed by atoms with Crippen LogP contribution in [0.4, 0.5) is 0 Å². The third-order valence-corrected chi connectivity index (χ3v) is 5.36. The third kappa shape index (κ3) is 3.82. The fraction of sp³-hybridized carbons (Fsp3) is 0.769. The Balaban J connectivity index is 2.17. The number of likely N-dealkylation sites (N-methyl/N-ethyl adjacent to an activating group) is 1. The molecule has 7 nitrogen and oxygen atoms in total. The molecular formula is C13H24N4O3S. The molecule has 0 aromatic carbocycles. The minimum atomic E-state index is -3.55. The van der Waals surface area contributed by atoms with Crippen LogP contribution in [0.1, 0.15) is 24.7 Å². The molecule has 2 heterocycles. The van der Waals surface area contributed by atoms with Crippen LogP contribution in [0, 0.1) is 13.8 Å². The predicted octanol–water partition coefficient (Wildman–Crippen LogP) is 0.177. The number of aromatic nitrogens is 2. The van der Waals surface area contributed by atoms with Gasteiger partial charge in [0.25, 0.3) is 0 Å². The average molecular weight is 316 g/mol. The lowest BCUT2D eigenvalue weighted by atomic mass is 10.3. The number of hydrogen-bond donors (Lipinski definition) is 2. The Morgan fingerprint density at radius 2 is 2.19 bits per heavy atom. The molecule has 0 aliphatic carbocycles. The first-order valence-electron chi connectivity index (χ1n) is 7.30. The summed E-state index contributed by atoms with van der Waals surface area (Å²) in [6.07, 6.45) is 0.714. The summed E-state index contributed by atoms with van der Waals surface area (Å²) < 4.78 is 34.7. The van der Waals surface area contributed by atoms with Gasteiger partial charge in [0.1, 0.15) is 4.90 Å². The van der Waals surface area contributed by atoms with E-state index in [1.54, 1.807) is 18.5 Å². The molecular weight excluding hydrogens is 292 g/mol. The molecule has 120 valence electrons. The van der Waals surface area contributed by atoms with Crippen molar-refractivity contribution in [3.8, 4) is 0 Å². The standard InChI is InChI=1S/C13H24N4O3S/c1-4-14-6-7-17-11(3)13(10(2)15-17)21(18,19)16-12-5-8-20-9-12/h12,14,16H,4-9H2,1-3H3. The van der Waals surface area contributed by atoms with Gasteiger partial charge in [-0.2, -0.15) is 5.10 Å². The average Bonchev–Trinajstić information content (AvgIpc) is 2.98. The molecule has 1 aromatic rings. The van der Waals surface area contributed by atoms with Crippen LogP contribution in [-0.2, 0) is 21.3 Å². The second kappa shape index (κ2) is 6.87. The quantitative estimate of drug-likeness (QED) is 0.701. The summed E-state index contributed by atoms with van der Waals surface area (Å²) in [5, 5.41) is 7.56. The summed E-state index contributed by atoms with van der Waals surface area (Å²) in [6, 6.07) is -0.140. The molecule has 1 saturated heterocycles. The van der Waals surface area contributed by atoms with E-state index in [0.29, 0.717) is 42.5 Å². The number of rotatable bonds is 7. The van der Waals surface area contributed by atoms with Crippen molar-refractivity contribution in [1.82, 2.24) is 19.8 Å². The molecule has 1 aromatic heterocycles. The largest absolute Gasteiger partial charge is 0.380 e. The Hall–Kier alpha value is -0.960. The summed E-state index contributed by atoms with van der Waals surface area (Å²) in [6.45, 7) is 8.91. The Morgan fingerprint density at radius 1 is 1.43 bits per heavy atom. The van der Waals surface area contributed by atoms with Crippen LogP contribution < -0.4 is 10.0 Å². The first-order chi connectivity index (χ1) is 9.95. The van der Waals surface area contributed by atoms with Gasteiger partial charge in [-0.3, -0.25) is 4.68 Å². The second-order valence-electron chi connectivity index (χ2n) is 5.26. The lowest BCUT2D eigenvalue weighted by Crippen LogP contribution is -2.35. The molecule has 1 atom stereocenters. The summed E-state index contributed by atoms with van der Waals surface area (Å²) in [4.78, 5) is 0.297. The highest BCUT2D eigenvalue weighted by molar-refractivity contribution is 7.89. The van der Waals surface area contributed by atoms with Crippen LogP contribution in [0.15, 0.2) is 4.90 Å². The van der Waals surface area contributed by atoms with E-state index in [0.717, 1.165) is 13.1 Å². The Morgan fingerprint density at radius 3 is 2.81 bits per heavy atom. The Labute approximate surface area is 126 Å². The van der Waals surface area contributed by atoms with Gasteiger partial charge in [0.2, 0.25) is 10.0 Å². The van der Waals surface area contributed by atoms with E-state index in [9.17, 15) is 8.42 Å². The van der Waals surface area contributed by atoms with Crippen LogP contribution in [0.2, 0.25) is 0 Å². The summed E-state index contributed by atoms with van der Waals surface area (Å²) >= 11 is 0. The third-order valence-electron chi connectivity index (χ3n) is 3.59. The molecule has 0 radical (unpaired) electrons. The van der Waals surface area contributed by atoms with Crippen molar-refractivity contribution in [1.29, 1.82) is 0 Å². The number of nitrogens with zero attached hydrogens (tertiary/aromatic N) is 2. The van der Waals surface area contributed by atoms with Crippen molar-refractivity contribution in [3.63, 3.8) is 0 Å². The van der Waals surface area contributed by atoms with E-state index in [1.165, 1.54) is 0 Å². The van der Waals surface area contributed by atoms with Crippen LogP contribution >= 0.6 is 0 Å². The van der Waals surface area contributed by atoms with Crippen molar-refractivity contribution in [2.75, 3.05) is 26.3 Å². The van der Waals surface area contributed by atoms with Gasteiger partial charge in [-0.05, 0) is 26.8 Å². The SMILES string of the molecule is CCNCCn1nc(C)c(S(=O)(=O)NC2CCOC2)c1C. The zero-order chi connectivity index (χ0) is 15.5. The molecule has 2 N–H and O–H groups in total. The summed E-state index contributed by atoms with van der Waals surface area (Å²) in [7, 11) is -3.55. The number of sulfonamides is 1. The zero-order valence-electron chi connectivity index (χ0n) is 12.8. The van der Waals surface area contributed by atoms with Gasteiger partial charge in [-0.15, -0.1) is 0 Å². The van der Waals surface area contributed by atoms with Crippen LogP contribution in [-0.4, -0.2) is 50.5 Å². The van der Waals surface area contributed by atoms with E-state index >= 15 is 0 Å². The van der Waals surface area contributed by atoms with Gasteiger partial charge in [-0.25, -0.2) is 13.1 Å². The maximum atomic E-state index is 12.5. The maximum Gasteiger partial charge on any atom is 0.244 e. The van der Waals surface area contributed by atoms with E-state index in [1.807, 2.05) is 6.92 Å². The molecule has 8 heteroatoms. The van der Waals surface area contributed by atoms with Crippen molar-refractivity contribution in [2.24, 2.45) is 0 Å². The highest BCUT2D eigenvalue weighted by Crippen LogP contribution is 2.20. The zero-order valence-corrected chi connectivity index (χ0v) is 13.7. The number of ether oxygens (including phenoxy) is 1. The summed E-state index contributed by atoms with van der Waals surface area (Å²) in [5.41, 5.74) is 1.22. The number of nitrogens with one attached hydrogen (secondary N) is 2. The van der Waals surface area contributed by atoms with E-state index < -0.39 is 10.0 Å². The van der Waals surface area contributed by atoms with Crippen molar-refractivity contribution in [3.05, 3.63) is 11.4 Å². The van der Waals surface area contributed by atoms with Gasteiger partial charge in [0.15, 0.2) is 0 Å². The van der Waals surface area contributed by atoms with Crippen LogP contribution in [0.25, 0.3) is 0 Å². The highest BCUT2D eigenvalue weighted by Gasteiger charge is 2.28. The van der Waals surface area contributed by atoms with Crippen LogP contribution in [0.3, 0.4) is 0 Å². The van der Waals surface area contributed by atoms with Gasteiger partial charge in [0.05, 0.1) is 24.5 Å². The van der Waals surface area contributed by atoms with Crippen molar-refractivity contribution in [2.45, 2.75) is 44.7 Å². The molecule has 2 rings (SSSR count). The summed E-state index contributed by atoms with van der Waals surface area (Å²) in [5.74, 6) is 0. The minimum Gasteiger partial charge on any atom is -0.380 e. The molecule has 0 amide bonds. The number of hydrogen-bond acceptors (Lipinski definition) is 5. The second-order valence-corrected chi connectivity index (χ2v) is 6.91. The van der Waals surface area contributed by atoms with Gasteiger partial charge in [0, 0.05) is 19.2 Å². The minimum absolute atomic E-state index is 0.140. The molecule has 0 saturated carbocycles. The van der Waals surface area contributed by atoms with E-state index in [4.69, 9.17) is 4.74 Å². The Kier molecular flexibility index (Phi) is 5.37. The highest BCUT2D eigenvalue weighted by atomic mass is 32.2. The monoisotopic (exact) mass is 316 g/mol. The lowest BCUT2D eigenvalue weighted by molar-refractivity contribution is 0.192. The molecule has 1 aliphatic heterocycles. The van der Waals surface area contributed by atoms with Gasteiger partial charge in [-0.1, -0.05) is 6.92 Å². The van der Waals surface area contributed by atoms with E-state index in [-0.39, 0.29) is 6.04 Å². The molecule has 1 unspecified atom stereocenters. The number of aryl methyl sites for hydroxylation is 1. The van der Waals surface area contributed by atoms with Crippen LogP contribution in [0.5, 0.6) is 0 Å². The predicted molar refractivity (Wildman–Crippen MR) is 79.8 cm³/mol. The van der Waals surface area contributed by atoms with Gasteiger partial charge < -0.3 is 10.1 Å². The maximum absolute atomic E-state index is 12.5. The fourth-order valence-corrected chi connectivity index (χ4v) is 4.22. The molecule has 0 spiro atoms. The molecule has 1 fully saturated rings. The van der Waals surface area contributed by atoms with E-state index in [2.05, 4.69) is 15.1 Å². The van der Waals surface area contributed by atoms with Gasteiger partial charge >= 0.3 is 0 Å². The first kappa shape index (κ1) is 16.4. The molecule has 21 heavy (non-hydrogen) atoms. The Bertz CT molecular complexity index is 576. The molecule has 1 aliphatic rings. The first-order valence-corrected chi connectivity index (χ1v) is 8.78. The lowest BCUT2D eigenvalue weighted by Gasteiger charge is -2.12. The van der Waals surface area contributed by atoms with Crippen molar-refractivity contribution >= 4 is 10.0 Å². The normalized spacial score (nSPS) is 19.3. The van der Waals surface area contributed by atoms with Crippen molar-refractivity contribution < 1.29 is 13.2 Å². The topological polar surface area (TPSA) is 85.2 Å².